The van der Waals surface area contributed by atoms with Crippen molar-refractivity contribution in [2.75, 3.05) is 5.32 Å². The zero-order chi connectivity index (χ0) is 14.8. The fourth-order valence-electron chi connectivity index (χ4n) is 2.85. The highest BCUT2D eigenvalue weighted by molar-refractivity contribution is 6.33. The largest absolute Gasteiger partial charge is 0.350 e. The number of hydrogen-bond acceptors (Lipinski definition) is 3. The van der Waals surface area contributed by atoms with Gasteiger partial charge >= 0.3 is 5.69 Å². The van der Waals surface area contributed by atoms with Gasteiger partial charge in [0.2, 0.25) is 0 Å². The number of nitrogens with zero attached hydrogens (tertiary/aromatic N) is 1. The molecule has 0 aromatic heterocycles. The molecule has 2 aromatic rings. The van der Waals surface area contributed by atoms with Gasteiger partial charge in [-0.25, -0.2) is 0 Å². The Labute approximate surface area is 127 Å². The Morgan fingerprint density at radius 1 is 1.05 bits per heavy atom. The van der Waals surface area contributed by atoms with E-state index in [1.54, 1.807) is 12.1 Å². The van der Waals surface area contributed by atoms with Gasteiger partial charge in [0, 0.05) is 5.69 Å². The molecule has 1 aliphatic carbocycles. The summed E-state index contributed by atoms with van der Waals surface area (Å²) in [5.74, 6) is 0. The highest BCUT2D eigenvalue weighted by Gasteiger charge is 2.20. The quantitative estimate of drug-likeness (QED) is 0.650. The Hall–Kier alpha value is -2.07. The lowest BCUT2D eigenvalue weighted by atomic mass is 9.90. The lowest BCUT2D eigenvalue weighted by molar-refractivity contribution is -0.383. The van der Waals surface area contributed by atoms with Crippen LogP contribution in [-0.4, -0.2) is 4.92 Å². The number of benzene rings is 2. The molecular weight excluding hydrogens is 288 g/mol. The van der Waals surface area contributed by atoms with Gasteiger partial charge < -0.3 is 5.32 Å². The molecule has 0 saturated heterocycles. The summed E-state index contributed by atoms with van der Waals surface area (Å²) in [5, 5.41) is 14.5. The topological polar surface area (TPSA) is 55.2 Å². The smallest absolute Gasteiger partial charge is 0.311 e. The molecule has 0 spiro atoms. The molecule has 5 heteroatoms. The molecule has 3 rings (SSSR count). The van der Waals surface area contributed by atoms with E-state index in [9.17, 15) is 10.1 Å². The van der Waals surface area contributed by atoms with Gasteiger partial charge in [0.05, 0.1) is 4.92 Å². The number of nitro groups is 1. The number of nitrogens with one attached hydrogen (secondary N) is 1. The number of anilines is 2. The van der Waals surface area contributed by atoms with Crippen LogP contribution in [0.4, 0.5) is 17.1 Å². The Balaban J connectivity index is 2.02. The fraction of sp³-hybridized carbons (Fsp3) is 0.250. The fourth-order valence-corrected chi connectivity index (χ4v) is 3.09. The Morgan fingerprint density at radius 3 is 2.57 bits per heavy atom. The molecule has 0 saturated carbocycles. The van der Waals surface area contributed by atoms with E-state index in [2.05, 4.69) is 11.4 Å². The van der Waals surface area contributed by atoms with Crippen molar-refractivity contribution < 1.29 is 4.92 Å². The predicted octanol–water partition coefficient (Wildman–Crippen LogP) is 4.87. The van der Waals surface area contributed by atoms with Gasteiger partial charge in [0.15, 0.2) is 0 Å². The van der Waals surface area contributed by atoms with Crippen LogP contribution in [0.25, 0.3) is 0 Å². The number of fused-ring (bicyclic) bond motifs is 1. The zero-order valence-corrected chi connectivity index (χ0v) is 12.2. The first kappa shape index (κ1) is 13.9. The normalized spacial score (nSPS) is 13.6. The van der Waals surface area contributed by atoms with Gasteiger partial charge in [-0.3, -0.25) is 10.1 Å². The van der Waals surface area contributed by atoms with Gasteiger partial charge in [-0.05, 0) is 55.0 Å². The van der Waals surface area contributed by atoms with Crippen molar-refractivity contribution >= 4 is 28.7 Å². The third kappa shape index (κ3) is 2.72. The molecule has 0 aliphatic heterocycles. The molecular formula is C16H15ClN2O2. The highest BCUT2D eigenvalue weighted by atomic mass is 35.5. The standard InChI is InChI=1S/C16H15ClN2O2/c17-13-8-4-10-15(16(13)19(20)21)18-14-9-3-6-11-5-1-2-7-12(11)14/h3-4,6,8-10,18H,1-2,5,7H2. The van der Waals surface area contributed by atoms with E-state index >= 15 is 0 Å². The first-order valence-electron chi connectivity index (χ1n) is 6.97. The average Bonchev–Trinajstić information content (AvgIpc) is 2.47. The molecule has 0 bridgehead atoms. The molecule has 0 amide bonds. The van der Waals surface area contributed by atoms with Gasteiger partial charge in [-0.15, -0.1) is 0 Å². The van der Waals surface area contributed by atoms with E-state index in [0.717, 1.165) is 24.9 Å². The minimum atomic E-state index is -0.444. The van der Waals surface area contributed by atoms with E-state index in [1.807, 2.05) is 12.1 Å². The van der Waals surface area contributed by atoms with Crippen LogP contribution < -0.4 is 5.32 Å². The minimum Gasteiger partial charge on any atom is -0.350 e. The molecule has 1 N–H and O–H groups in total. The summed E-state index contributed by atoms with van der Waals surface area (Å²) in [6.07, 6.45) is 4.44. The van der Waals surface area contributed by atoms with Crippen molar-refractivity contribution in [2.45, 2.75) is 25.7 Å². The molecule has 0 heterocycles. The minimum absolute atomic E-state index is 0.0763. The molecule has 0 atom stereocenters. The number of rotatable bonds is 3. The van der Waals surface area contributed by atoms with Crippen molar-refractivity contribution in [3.05, 3.63) is 62.7 Å². The van der Waals surface area contributed by atoms with Gasteiger partial charge in [0.1, 0.15) is 10.7 Å². The maximum absolute atomic E-state index is 11.2. The summed E-state index contributed by atoms with van der Waals surface area (Å²) in [6.45, 7) is 0. The lowest BCUT2D eigenvalue weighted by Gasteiger charge is -2.20. The molecule has 21 heavy (non-hydrogen) atoms. The van der Waals surface area contributed by atoms with Crippen LogP contribution in [0.5, 0.6) is 0 Å². The third-order valence-electron chi connectivity index (χ3n) is 3.83. The van der Waals surface area contributed by atoms with Crippen LogP contribution in [0.2, 0.25) is 5.02 Å². The predicted molar refractivity (Wildman–Crippen MR) is 84.5 cm³/mol. The Kier molecular flexibility index (Phi) is 3.80. The number of para-hydroxylation sites is 1. The lowest BCUT2D eigenvalue weighted by Crippen LogP contribution is -2.07. The molecule has 0 unspecified atom stereocenters. The second kappa shape index (κ2) is 5.74. The van der Waals surface area contributed by atoms with Crippen molar-refractivity contribution in [3.8, 4) is 0 Å². The van der Waals surface area contributed by atoms with Crippen molar-refractivity contribution in [2.24, 2.45) is 0 Å². The van der Waals surface area contributed by atoms with Crippen LogP contribution in [0.15, 0.2) is 36.4 Å². The van der Waals surface area contributed by atoms with E-state index in [4.69, 9.17) is 11.6 Å². The average molecular weight is 303 g/mol. The monoisotopic (exact) mass is 302 g/mol. The zero-order valence-electron chi connectivity index (χ0n) is 11.4. The van der Waals surface area contributed by atoms with Crippen molar-refractivity contribution in [3.63, 3.8) is 0 Å². The van der Waals surface area contributed by atoms with E-state index in [1.165, 1.54) is 23.6 Å². The van der Waals surface area contributed by atoms with Gasteiger partial charge in [0.25, 0.3) is 0 Å². The summed E-state index contributed by atoms with van der Waals surface area (Å²) in [5.41, 5.74) is 3.89. The van der Waals surface area contributed by atoms with Crippen LogP contribution in [0.1, 0.15) is 24.0 Å². The number of nitro benzene ring substituents is 1. The van der Waals surface area contributed by atoms with Gasteiger partial charge in [-0.1, -0.05) is 29.8 Å². The molecule has 4 nitrogen and oxygen atoms in total. The molecule has 1 aliphatic rings. The third-order valence-corrected chi connectivity index (χ3v) is 4.14. The van der Waals surface area contributed by atoms with Gasteiger partial charge in [-0.2, -0.15) is 0 Å². The Bertz CT molecular complexity index is 701. The van der Waals surface area contributed by atoms with Crippen LogP contribution in [-0.2, 0) is 12.8 Å². The van der Waals surface area contributed by atoms with Crippen LogP contribution in [0, 0.1) is 10.1 Å². The van der Waals surface area contributed by atoms with E-state index in [-0.39, 0.29) is 10.7 Å². The maximum Gasteiger partial charge on any atom is 0.311 e. The molecule has 108 valence electrons. The summed E-state index contributed by atoms with van der Waals surface area (Å²) < 4.78 is 0. The number of hydrogen-bond donors (Lipinski definition) is 1. The summed E-state index contributed by atoms with van der Waals surface area (Å²) >= 11 is 5.95. The van der Waals surface area contributed by atoms with Crippen LogP contribution in [0.3, 0.4) is 0 Å². The second-order valence-electron chi connectivity index (χ2n) is 5.17. The van der Waals surface area contributed by atoms with E-state index in [0.29, 0.717) is 5.69 Å². The molecule has 0 fully saturated rings. The first-order valence-corrected chi connectivity index (χ1v) is 7.35. The summed E-state index contributed by atoms with van der Waals surface area (Å²) in [4.78, 5) is 10.8. The SMILES string of the molecule is O=[N+]([O-])c1c(Cl)cccc1Nc1cccc2c1CCCC2. The van der Waals surface area contributed by atoms with Crippen LogP contribution >= 0.6 is 11.6 Å². The first-order chi connectivity index (χ1) is 10.2. The van der Waals surface area contributed by atoms with Crippen molar-refractivity contribution in [1.29, 1.82) is 0 Å². The second-order valence-corrected chi connectivity index (χ2v) is 5.58. The number of aryl methyl sites for hydroxylation is 1. The van der Waals surface area contributed by atoms with E-state index < -0.39 is 4.92 Å². The summed E-state index contributed by atoms with van der Waals surface area (Å²) in [6, 6.07) is 11.0. The summed E-state index contributed by atoms with van der Waals surface area (Å²) in [7, 11) is 0. The molecule has 0 radical (unpaired) electrons. The molecule has 2 aromatic carbocycles. The Morgan fingerprint density at radius 2 is 1.76 bits per heavy atom. The maximum atomic E-state index is 11.2. The number of halogens is 1. The highest BCUT2D eigenvalue weighted by Crippen LogP contribution is 2.36. The van der Waals surface area contributed by atoms with Crippen molar-refractivity contribution in [1.82, 2.24) is 0 Å².